The lowest BCUT2D eigenvalue weighted by molar-refractivity contribution is 0.00842. The molecule has 1 unspecified atom stereocenters. The van der Waals surface area contributed by atoms with E-state index in [1.54, 1.807) is 7.11 Å². The van der Waals surface area contributed by atoms with E-state index in [1.165, 1.54) is 5.56 Å². The first-order valence-corrected chi connectivity index (χ1v) is 6.70. The molecule has 1 heterocycles. The summed E-state index contributed by atoms with van der Waals surface area (Å²) in [5.74, 6) is 0. The van der Waals surface area contributed by atoms with Crippen molar-refractivity contribution >= 4 is 0 Å². The highest BCUT2D eigenvalue weighted by Crippen LogP contribution is 2.15. The van der Waals surface area contributed by atoms with Crippen molar-refractivity contribution in [3.63, 3.8) is 0 Å². The molecule has 0 aliphatic rings. The molecule has 1 aromatic heterocycles. The SMILES string of the molecule is CCc1cccnc1CNC(C)CC(C)(C)OC. The van der Waals surface area contributed by atoms with E-state index in [4.69, 9.17) is 4.74 Å². The Morgan fingerprint density at radius 2 is 2.17 bits per heavy atom. The summed E-state index contributed by atoms with van der Waals surface area (Å²) in [5, 5.41) is 3.52. The molecule has 0 fully saturated rings. The van der Waals surface area contributed by atoms with Gasteiger partial charge in [-0.2, -0.15) is 0 Å². The van der Waals surface area contributed by atoms with E-state index < -0.39 is 0 Å². The van der Waals surface area contributed by atoms with Gasteiger partial charge in [0, 0.05) is 25.9 Å². The molecule has 0 amide bonds. The van der Waals surface area contributed by atoms with Crippen molar-refractivity contribution in [3.05, 3.63) is 29.6 Å². The molecule has 0 aliphatic heterocycles. The number of hydrogen-bond acceptors (Lipinski definition) is 3. The van der Waals surface area contributed by atoms with Gasteiger partial charge >= 0.3 is 0 Å². The summed E-state index contributed by atoms with van der Waals surface area (Å²) in [6, 6.07) is 4.56. The van der Waals surface area contributed by atoms with Crippen molar-refractivity contribution in [2.24, 2.45) is 0 Å². The predicted molar refractivity (Wildman–Crippen MR) is 75.6 cm³/mol. The van der Waals surface area contributed by atoms with E-state index in [2.05, 4.69) is 44.1 Å². The number of hydrogen-bond donors (Lipinski definition) is 1. The van der Waals surface area contributed by atoms with Gasteiger partial charge in [-0.1, -0.05) is 13.0 Å². The molecule has 0 aliphatic carbocycles. The van der Waals surface area contributed by atoms with E-state index in [0.717, 1.165) is 25.1 Å². The zero-order valence-electron chi connectivity index (χ0n) is 12.3. The number of ether oxygens (including phenoxy) is 1. The van der Waals surface area contributed by atoms with Gasteiger partial charge < -0.3 is 10.1 Å². The van der Waals surface area contributed by atoms with Crippen LogP contribution in [0, 0.1) is 0 Å². The number of nitrogens with zero attached hydrogens (tertiary/aromatic N) is 1. The second-order valence-electron chi connectivity index (χ2n) is 5.41. The highest BCUT2D eigenvalue weighted by atomic mass is 16.5. The fourth-order valence-corrected chi connectivity index (χ4v) is 2.12. The monoisotopic (exact) mass is 250 g/mol. The minimum Gasteiger partial charge on any atom is -0.379 e. The van der Waals surface area contributed by atoms with Gasteiger partial charge in [0.2, 0.25) is 0 Å². The van der Waals surface area contributed by atoms with Crippen LogP contribution in [0.1, 0.15) is 45.4 Å². The van der Waals surface area contributed by atoms with Crippen molar-refractivity contribution in [3.8, 4) is 0 Å². The first-order chi connectivity index (χ1) is 8.48. The van der Waals surface area contributed by atoms with Crippen LogP contribution in [0.4, 0.5) is 0 Å². The summed E-state index contributed by atoms with van der Waals surface area (Å²) in [7, 11) is 1.76. The molecular formula is C15H26N2O. The molecule has 3 heteroatoms. The number of pyridine rings is 1. The third-order valence-electron chi connectivity index (χ3n) is 3.33. The van der Waals surface area contributed by atoms with Crippen LogP contribution < -0.4 is 5.32 Å². The maximum Gasteiger partial charge on any atom is 0.0637 e. The summed E-state index contributed by atoms with van der Waals surface area (Å²) in [6.45, 7) is 9.41. The van der Waals surface area contributed by atoms with Crippen molar-refractivity contribution in [1.82, 2.24) is 10.3 Å². The number of methoxy groups -OCH3 is 1. The summed E-state index contributed by atoms with van der Waals surface area (Å²) in [6.07, 6.45) is 3.88. The maximum atomic E-state index is 5.45. The number of aromatic nitrogens is 1. The van der Waals surface area contributed by atoms with Gasteiger partial charge in [0.25, 0.3) is 0 Å². The van der Waals surface area contributed by atoms with Crippen LogP contribution in [0.5, 0.6) is 0 Å². The Morgan fingerprint density at radius 3 is 2.78 bits per heavy atom. The molecular weight excluding hydrogens is 224 g/mol. The highest BCUT2D eigenvalue weighted by molar-refractivity contribution is 5.19. The summed E-state index contributed by atoms with van der Waals surface area (Å²) in [4.78, 5) is 4.44. The number of rotatable bonds is 7. The van der Waals surface area contributed by atoms with Crippen molar-refractivity contribution in [2.75, 3.05) is 7.11 Å². The van der Waals surface area contributed by atoms with Crippen molar-refractivity contribution < 1.29 is 4.74 Å². The molecule has 0 aromatic carbocycles. The Hall–Kier alpha value is -0.930. The summed E-state index contributed by atoms with van der Waals surface area (Å²) in [5.41, 5.74) is 2.40. The van der Waals surface area contributed by atoms with Crippen LogP contribution in [0.3, 0.4) is 0 Å². The van der Waals surface area contributed by atoms with E-state index >= 15 is 0 Å². The van der Waals surface area contributed by atoms with Gasteiger partial charge in [-0.3, -0.25) is 4.98 Å². The molecule has 1 N–H and O–H groups in total. The predicted octanol–water partition coefficient (Wildman–Crippen LogP) is 2.94. The van der Waals surface area contributed by atoms with Gasteiger partial charge in [0.1, 0.15) is 0 Å². The number of nitrogens with one attached hydrogen (secondary N) is 1. The number of aryl methyl sites for hydroxylation is 1. The lowest BCUT2D eigenvalue weighted by atomic mass is 9.99. The Kier molecular flexibility index (Phi) is 5.76. The molecule has 3 nitrogen and oxygen atoms in total. The average Bonchev–Trinajstić information content (AvgIpc) is 2.36. The molecule has 0 radical (unpaired) electrons. The first kappa shape index (κ1) is 15.1. The minimum absolute atomic E-state index is 0.0792. The molecule has 0 saturated heterocycles. The van der Waals surface area contributed by atoms with Crippen LogP contribution in [0.2, 0.25) is 0 Å². The van der Waals surface area contributed by atoms with Crippen LogP contribution in [0.15, 0.2) is 18.3 Å². The van der Waals surface area contributed by atoms with Gasteiger partial charge in [-0.25, -0.2) is 0 Å². The second-order valence-corrected chi connectivity index (χ2v) is 5.41. The Labute approximate surface area is 111 Å². The smallest absolute Gasteiger partial charge is 0.0637 e. The lowest BCUT2D eigenvalue weighted by Crippen LogP contribution is -2.35. The van der Waals surface area contributed by atoms with Crippen LogP contribution in [-0.2, 0) is 17.7 Å². The molecule has 0 bridgehead atoms. The summed E-state index contributed by atoms with van der Waals surface area (Å²) >= 11 is 0. The third kappa shape index (κ3) is 4.75. The Morgan fingerprint density at radius 1 is 1.44 bits per heavy atom. The fraction of sp³-hybridized carbons (Fsp3) is 0.667. The maximum absolute atomic E-state index is 5.45. The molecule has 1 aromatic rings. The topological polar surface area (TPSA) is 34.2 Å². The normalized spacial score (nSPS) is 13.6. The van der Waals surface area contributed by atoms with Crippen molar-refractivity contribution in [1.29, 1.82) is 0 Å². The van der Waals surface area contributed by atoms with Gasteiger partial charge in [-0.05, 0) is 45.2 Å². The first-order valence-electron chi connectivity index (χ1n) is 6.70. The standard InChI is InChI=1S/C15H26N2O/c1-6-13-8-7-9-16-14(13)11-17-12(2)10-15(3,4)18-5/h7-9,12,17H,6,10-11H2,1-5H3. The average molecular weight is 250 g/mol. The van der Waals surface area contributed by atoms with E-state index in [0.29, 0.717) is 6.04 Å². The van der Waals surface area contributed by atoms with E-state index in [1.807, 2.05) is 12.3 Å². The van der Waals surface area contributed by atoms with E-state index in [9.17, 15) is 0 Å². The zero-order valence-corrected chi connectivity index (χ0v) is 12.3. The van der Waals surface area contributed by atoms with Gasteiger partial charge in [-0.15, -0.1) is 0 Å². The molecule has 0 spiro atoms. The molecule has 102 valence electrons. The lowest BCUT2D eigenvalue weighted by Gasteiger charge is -2.27. The van der Waals surface area contributed by atoms with Gasteiger partial charge in [0.15, 0.2) is 0 Å². The summed E-state index contributed by atoms with van der Waals surface area (Å²) < 4.78 is 5.45. The largest absolute Gasteiger partial charge is 0.379 e. The highest BCUT2D eigenvalue weighted by Gasteiger charge is 2.19. The van der Waals surface area contributed by atoms with Crippen LogP contribution in [0.25, 0.3) is 0 Å². The van der Waals surface area contributed by atoms with Crippen molar-refractivity contribution in [2.45, 2.75) is 58.7 Å². The van der Waals surface area contributed by atoms with Crippen LogP contribution in [-0.4, -0.2) is 23.7 Å². The Balaban J connectivity index is 2.50. The van der Waals surface area contributed by atoms with E-state index in [-0.39, 0.29) is 5.60 Å². The Bertz CT molecular complexity index is 363. The fourth-order valence-electron chi connectivity index (χ4n) is 2.12. The molecule has 18 heavy (non-hydrogen) atoms. The zero-order chi connectivity index (χ0) is 13.6. The van der Waals surface area contributed by atoms with Crippen LogP contribution >= 0.6 is 0 Å². The second kappa shape index (κ2) is 6.86. The quantitative estimate of drug-likeness (QED) is 0.808. The minimum atomic E-state index is -0.0792. The third-order valence-corrected chi connectivity index (χ3v) is 3.33. The molecule has 1 atom stereocenters. The van der Waals surface area contributed by atoms with Gasteiger partial charge in [0.05, 0.1) is 11.3 Å². The molecule has 0 saturated carbocycles. The molecule has 1 rings (SSSR count).